The van der Waals surface area contributed by atoms with Gasteiger partial charge in [0.15, 0.2) is 5.82 Å². The van der Waals surface area contributed by atoms with Crippen LogP contribution in [-0.2, 0) is 12.8 Å². The molecule has 0 N–H and O–H groups in total. The van der Waals surface area contributed by atoms with Crippen molar-refractivity contribution < 1.29 is 4.52 Å². The minimum absolute atomic E-state index is 0.417. The van der Waals surface area contributed by atoms with Gasteiger partial charge in [-0.05, 0) is 18.9 Å². The highest BCUT2D eigenvalue weighted by Gasteiger charge is 2.10. The molecule has 0 radical (unpaired) electrons. The summed E-state index contributed by atoms with van der Waals surface area (Å²) in [7, 11) is 0. The van der Waals surface area contributed by atoms with E-state index in [0.29, 0.717) is 17.4 Å². The zero-order valence-corrected chi connectivity index (χ0v) is 11.2. The number of aromatic nitrogens is 4. The molecule has 2 aromatic heterocycles. The molecule has 0 spiro atoms. The van der Waals surface area contributed by atoms with E-state index in [4.69, 9.17) is 4.52 Å². The second kappa shape index (κ2) is 5.61. The molecule has 0 unspecified atom stereocenters. The van der Waals surface area contributed by atoms with Crippen LogP contribution < -0.4 is 0 Å². The maximum absolute atomic E-state index is 5.22. The molecule has 0 bridgehead atoms. The third kappa shape index (κ3) is 2.88. The Hall–Kier alpha value is -2.56. The summed E-state index contributed by atoms with van der Waals surface area (Å²) in [6, 6.07) is 10.2. The van der Waals surface area contributed by atoms with E-state index in [0.717, 1.165) is 18.5 Å². The number of hydrogen-bond donors (Lipinski definition) is 0. The Bertz CT molecular complexity index is 677. The molecule has 1 aromatic carbocycles. The monoisotopic (exact) mass is 266 g/mol. The van der Waals surface area contributed by atoms with Gasteiger partial charge in [0.1, 0.15) is 5.69 Å². The van der Waals surface area contributed by atoms with Crippen molar-refractivity contribution in [2.45, 2.75) is 19.8 Å². The van der Waals surface area contributed by atoms with Crippen LogP contribution in [-0.4, -0.2) is 20.1 Å². The van der Waals surface area contributed by atoms with Crippen LogP contribution in [0.15, 0.2) is 47.2 Å². The van der Waals surface area contributed by atoms with Gasteiger partial charge in [0.05, 0.1) is 11.9 Å². The van der Waals surface area contributed by atoms with Crippen LogP contribution in [0.5, 0.6) is 0 Å². The van der Waals surface area contributed by atoms with Crippen molar-refractivity contribution in [1.29, 1.82) is 0 Å². The minimum Gasteiger partial charge on any atom is -0.332 e. The zero-order chi connectivity index (χ0) is 13.8. The first-order chi connectivity index (χ1) is 9.81. The lowest BCUT2D eigenvalue weighted by Crippen LogP contribution is -1.93. The molecule has 3 aromatic rings. The van der Waals surface area contributed by atoms with E-state index in [1.165, 1.54) is 5.56 Å². The number of nitrogens with zero attached hydrogens (tertiary/aromatic N) is 4. The molecular formula is C15H14N4O. The third-order valence-corrected chi connectivity index (χ3v) is 2.95. The quantitative estimate of drug-likeness (QED) is 0.726. The Kier molecular flexibility index (Phi) is 3.50. The highest BCUT2D eigenvalue weighted by atomic mass is 16.5. The molecule has 0 aliphatic carbocycles. The van der Waals surface area contributed by atoms with E-state index >= 15 is 0 Å². The lowest BCUT2D eigenvalue weighted by molar-refractivity contribution is 0.421. The van der Waals surface area contributed by atoms with Crippen LogP contribution in [0.2, 0.25) is 0 Å². The molecule has 2 heterocycles. The maximum Gasteiger partial charge on any atom is 0.278 e. The van der Waals surface area contributed by atoms with Crippen molar-refractivity contribution in [2.75, 3.05) is 0 Å². The first kappa shape index (κ1) is 12.5. The van der Waals surface area contributed by atoms with Gasteiger partial charge in [-0.1, -0.05) is 35.5 Å². The molecular weight excluding hydrogens is 252 g/mol. The molecule has 0 aliphatic heterocycles. The molecule has 5 heteroatoms. The van der Waals surface area contributed by atoms with Crippen LogP contribution in [0.1, 0.15) is 17.1 Å². The number of aryl methyl sites for hydroxylation is 3. The van der Waals surface area contributed by atoms with Crippen molar-refractivity contribution in [3.63, 3.8) is 0 Å². The Labute approximate surface area is 116 Å². The van der Waals surface area contributed by atoms with E-state index in [1.54, 1.807) is 12.4 Å². The second-order valence-electron chi connectivity index (χ2n) is 4.54. The van der Waals surface area contributed by atoms with Crippen LogP contribution in [0.3, 0.4) is 0 Å². The molecule has 0 atom stereocenters. The summed E-state index contributed by atoms with van der Waals surface area (Å²) in [5.74, 6) is 1.10. The van der Waals surface area contributed by atoms with Crippen LogP contribution >= 0.6 is 0 Å². The highest BCUT2D eigenvalue weighted by Crippen LogP contribution is 2.14. The van der Waals surface area contributed by atoms with Crippen molar-refractivity contribution in [3.05, 3.63) is 59.8 Å². The summed E-state index contributed by atoms with van der Waals surface area (Å²) in [6.45, 7) is 1.88. The van der Waals surface area contributed by atoms with Gasteiger partial charge in [-0.25, -0.2) is 4.98 Å². The molecule has 0 amide bonds. The van der Waals surface area contributed by atoms with Crippen LogP contribution in [0, 0.1) is 6.92 Å². The molecule has 0 saturated heterocycles. The van der Waals surface area contributed by atoms with Crippen molar-refractivity contribution in [3.8, 4) is 11.6 Å². The van der Waals surface area contributed by atoms with E-state index in [-0.39, 0.29) is 0 Å². The molecule has 20 heavy (non-hydrogen) atoms. The van der Waals surface area contributed by atoms with Crippen LogP contribution in [0.25, 0.3) is 11.6 Å². The van der Waals surface area contributed by atoms with Gasteiger partial charge in [0, 0.05) is 12.6 Å². The second-order valence-corrected chi connectivity index (χ2v) is 4.54. The Morgan fingerprint density at radius 1 is 1.00 bits per heavy atom. The fourth-order valence-corrected chi connectivity index (χ4v) is 1.86. The van der Waals surface area contributed by atoms with Gasteiger partial charge in [-0.15, -0.1) is 0 Å². The maximum atomic E-state index is 5.22. The lowest BCUT2D eigenvalue weighted by atomic mass is 10.1. The van der Waals surface area contributed by atoms with Gasteiger partial charge in [0.25, 0.3) is 5.89 Å². The number of rotatable bonds is 4. The Balaban J connectivity index is 1.69. The van der Waals surface area contributed by atoms with Gasteiger partial charge in [-0.3, -0.25) is 4.98 Å². The predicted octanol–water partition coefficient (Wildman–Crippen LogP) is 2.62. The largest absolute Gasteiger partial charge is 0.332 e. The molecule has 0 fully saturated rings. The first-order valence-electron chi connectivity index (χ1n) is 6.47. The highest BCUT2D eigenvalue weighted by molar-refractivity contribution is 5.43. The average molecular weight is 266 g/mol. The number of benzene rings is 1. The average Bonchev–Trinajstić information content (AvgIpc) is 2.96. The zero-order valence-electron chi connectivity index (χ0n) is 11.2. The van der Waals surface area contributed by atoms with Gasteiger partial charge in [-0.2, -0.15) is 4.98 Å². The summed E-state index contributed by atoms with van der Waals surface area (Å²) in [5, 5.41) is 3.98. The fraction of sp³-hybridized carbons (Fsp3) is 0.200. The molecule has 0 aliphatic rings. The Morgan fingerprint density at radius 2 is 1.85 bits per heavy atom. The topological polar surface area (TPSA) is 64.7 Å². The third-order valence-electron chi connectivity index (χ3n) is 2.95. The summed E-state index contributed by atoms with van der Waals surface area (Å²) in [4.78, 5) is 12.7. The standard InChI is InChI=1S/C15H14N4O/c1-11-9-17-13(10-16-11)15-18-14(19-20-15)8-7-12-5-3-2-4-6-12/h2-6,9-10H,7-8H2,1H3. The van der Waals surface area contributed by atoms with Gasteiger partial charge >= 0.3 is 0 Å². The van der Waals surface area contributed by atoms with E-state index in [2.05, 4.69) is 32.2 Å². The summed E-state index contributed by atoms with van der Waals surface area (Å²) in [5.41, 5.74) is 2.72. The smallest absolute Gasteiger partial charge is 0.278 e. The first-order valence-corrected chi connectivity index (χ1v) is 6.47. The molecule has 0 saturated carbocycles. The minimum atomic E-state index is 0.417. The molecule has 3 rings (SSSR count). The molecule has 5 nitrogen and oxygen atoms in total. The summed E-state index contributed by atoms with van der Waals surface area (Å²) in [6.07, 6.45) is 4.96. The van der Waals surface area contributed by atoms with Crippen molar-refractivity contribution >= 4 is 0 Å². The van der Waals surface area contributed by atoms with Crippen LogP contribution in [0.4, 0.5) is 0 Å². The summed E-state index contributed by atoms with van der Waals surface area (Å²) < 4.78 is 5.22. The van der Waals surface area contributed by atoms with Crippen molar-refractivity contribution in [2.24, 2.45) is 0 Å². The SMILES string of the molecule is Cc1cnc(-c2nc(CCc3ccccc3)no2)cn1. The Morgan fingerprint density at radius 3 is 2.60 bits per heavy atom. The fourth-order valence-electron chi connectivity index (χ4n) is 1.86. The van der Waals surface area contributed by atoms with E-state index in [9.17, 15) is 0 Å². The molecule has 100 valence electrons. The van der Waals surface area contributed by atoms with Gasteiger partial charge in [0.2, 0.25) is 0 Å². The van der Waals surface area contributed by atoms with Gasteiger partial charge < -0.3 is 4.52 Å². The normalized spacial score (nSPS) is 10.7. The predicted molar refractivity (Wildman–Crippen MR) is 73.9 cm³/mol. The van der Waals surface area contributed by atoms with Crippen molar-refractivity contribution in [1.82, 2.24) is 20.1 Å². The lowest BCUT2D eigenvalue weighted by Gasteiger charge is -1.96. The van der Waals surface area contributed by atoms with E-state index < -0.39 is 0 Å². The number of hydrogen-bond acceptors (Lipinski definition) is 5. The summed E-state index contributed by atoms with van der Waals surface area (Å²) >= 11 is 0. The van der Waals surface area contributed by atoms with E-state index in [1.807, 2.05) is 25.1 Å².